The third kappa shape index (κ3) is 2.01. The molecule has 0 N–H and O–H groups in total. The first kappa shape index (κ1) is 10.0. The summed E-state index contributed by atoms with van der Waals surface area (Å²) in [5, 5.41) is 0. The molecule has 72 valence electrons. The van der Waals surface area contributed by atoms with Gasteiger partial charge in [0.2, 0.25) is 0 Å². The zero-order valence-electron chi connectivity index (χ0n) is 8.84. The van der Waals surface area contributed by atoms with Gasteiger partial charge in [-0.1, -0.05) is 13.8 Å². The predicted molar refractivity (Wildman–Crippen MR) is 54.3 cm³/mol. The molecule has 2 fully saturated rings. The lowest BCUT2D eigenvalue weighted by Gasteiger charge is -2.43. The van der Waals surface area contributed by atoms with Gasteiger partial charge < -0.3 is 4.90 Å². The zero-order chi connectivity index (χ0) is 8.97. The highest BCUT2D eigenvalue weighted by molar-refractivity contribution is 4.84. The minimum atomic E-state index is 0.905. The molecule has 1 heteroatoms. The van der Waals surface area contributed by atoms with E-state index in [0.717, 1.165) is 12.0 Å². The first-order chi connectivity index (χ1) is 5.88. The number of fused-ring (bicyclic) bond motifs is 2. The fraction of sp³-hybridized carbons (Fsp3) is 1.00. The van der Waals surface area contributed by atoms with E-state index in [1.165, 1.54) is 38.8 Å². The van der Waals surface area contributed by atoms with Crippen LogP contribution in [0.1, 0.15) is 46.5 Å². The molecule has 12 heavy (non-hydrogen) atoms. The average Bonchev–Trinajstić information content (AvgIpc) is 2.07. The van der Waals surface area contributed by atoms with E-state index in [9.17, 15) is 0 Å². The lowest BCUT2D eigenvalue weighted by molar-refractivity contribution is 0.0611. The highest BCUT2D eigenvalue weighted by Gasteiger charge is 2.30. The summed E-state index contributed by atoms with van der Waals surface area (Å²) in [6, 6.07) is 0.905. The summed E-state index contributed by atoms with van der Waals surface area (Å²) in [6.07, 6.45) is 5.90. The van der Waals surface area contributed by atoms with Crippen molar-refractivity contribution >= 4 is 0 Å². The van der Waals surface area contributed by atoms with Gasteiger partial charge in [0.25, 0.3) is 0 Å². The summed E-state index contributed by atoms with van der Waals surface area (Å²) < 4.78 is 0. The zero-order valence-corrected chi connectivity index (χ0v) is 8.84. The Kier molecular flexibility index (Phi) is 4.07. The number of nitrogens with zero attached hydrogens (tertiary/aromatic N) is 1. The molecular formula is C11H23N. The van der Waals surface area contributed by atoms with Crippen molar-refractivity contribution in [1.29, 1.82) is 0 Å². The Hall–Kier alpha value is -0.0400. The van der Waals surface area contributed by atoms with Gasteiger partial charge in [0.1, 0.15) is 0 Å². The highest BCUT2D eigenvalue weighted by atomic mass is 15.2. The van der Waals surface area contributed by atoms with Gasteiger partial charge in [0.15, 0.2) is 0 Å². The smallest absolute Gasteiger partial charge is 0.00952 e. The molecule has 0 aromatic rings. The van der Waals surface area contributed by atoms with Gasteiger partial charge in [-0.05, 0) is 51.6 Å². The van der Waals surface area contributed by atoms with Gasteiger partial charge in [-0.2, -0.15) is 0 Å². The summed E-state index contributed by atoms with van der Waals surface area (Å²) in [5.41, 5.74) is 0. The van der Waals surface area contributed by atoms with Crippen LogP contribution in [-0.2, 0) is 0 Å². The number of rotatable bonds is 0. The molecule has 0 aromatic heterocycles. The maximum Gasteiger partial charge on any atom is 0.00952 e. The summed E-state index contributed by atoms with van der Waals surface area (Å²) in [4.78, 5) is 2.66. The SMILES string of the molecule is CC.CC1C2CCCN1CCC2. The van der Waals surface area contributed by atoms with E-state index in [1.54, 1.807) is 0 Å². The van der Waals surface area contributed by atoms with Crippen molar-refractivity contribution in [2.24, 2.45) is 5.92 Å². The average molecular weight is 169 g/mol. The van der Waals surface area contributed by atoms with Crippen LogP contribution in [0.15, 0.2) is 0 Å². The van der Waals surface area contributed by atoms with Crippen LogP contribution in [0.2, 0.25) is 0 Å². The van der Waals surface area contributed by atoms with Crippen molar-refractivity contribution in [3.05, 3.63) is 0 Å². The lowest BCUT2D eigenvalue weighted by Crippen LogP contribution is -2.47. The Morgan fingerprint density at radius 2 is 1.50 bits per heavy atom. The molecule has 1 unspecified atom stereocenters. The summed E-state index contributed by atoms with van der Waals surface area (Å²) >= 11 is 0. The van der Waals surface area contributed by atoms with Crippen LogP contribution in [0, 0.1) is 5.92 Å². The van der Waals surface area contributed by atoms with Crippen LogP contribution in [0.4, 0.5) is 0 Å². The Morgan fingerprint density at radius 3 is 1.83 bits per heavy atom. The second-order valence-electron chi connectivity index (χ2n) is 3.82. The van der Waals surface area contributed by atoms with Crippen molar-refractivity contribution in [3.8, 4) is 0 Å². The molecule has 2 aliphatic heterocycles. The molecule has 0 radical (unpaired) electrons. The first-order valence-corrected chi connectivity index (χ1v) is 5.62. The van der Waals surface area contributed by atoms with Crippen molar-refractivity contribution < 1.29 is 0 Å². The van der Waals surface area contributed by atoms with E-state index in [0.29, 0.717) is 0 Å². The monoisotopic (exact) mass is 169 g/mol. The van der Waals surface area contributed by atoms with Gasteiger partial charge >= 0.3 is 0 Å². The topological polar surface area (TPSA) is 3.24 Å². The minimum absolute atomic E-state index is 0.905. The largest absolute Gasteiger partial charge is 0.300 e. The third-order valence-electron chi connectivity index (χ3n) is 3.30. The molecule has 1 nitrogen and oxygen atoms in total. The Balaban J connectivity index is 0.000000336. The summed E-state index contributed by atoms with van der Waals surface area (Å²) in [5.74, 6) is 1.04. The molecule has 0 aliphatic carbocycles. The van der Waals surface area contributed by atoms with Crippen molar-refractivity contribution in [2.75, 3.05) is 13.1 Å². The molecule has 2 rings (SSSR count). The van der Waals surface area contributed by atoms with Crippen molar-refractivity contribution in [2.45, 2.75) is 52.5 Å². The summed E-state index contributed by atoms with van der Waals surface area (Å²) in [7, 11) is 0. The Bertz CT molecular complexity index is 100. The normalized spacial score (nSPS) is 39.8. The minimum Gasteiger partial charge on any atom is -0.300 e. The van der Waals surface area contributed by atoms with E-state index in [2.05, 4.69) is 11.8 Å². The van der Waals surface area contributed by atoms with Crippen LogP contribution < -0.4 is 0 Å². The molecule has 2 saturated heterocycles. The van der Waals surface area contributed by atoms with E-state index in [4.69, 9.17) is 0 Å². The van der Waals surface area contributed by atoms with Gasteiger partial charge in [0, 0.05) is 6.04 Å². The maximum absolute atomic E-state index is 2.66. The van der Waals surface area contributed by atoms with Gasteiger partial charge in [0.05, 0.1) is 0 Å². The second kappa shape index (κ2) is 4.86. The standard InChI is InChI=1S/C9H17N.C2H6/c1-8-9-4-2-6-10(8)7-3-5-9;1-2/h8-9H,2-7H2,1H3;1-2H3. The molecule has 1 atom stereocenters. The van der Waals surface area contributed by atoms with Crippen LogP contribution >= 0.6 is 0 Å². The van der Waals surface area contributed by atoms with Crippen molar-refractivity contribution in [3.63, 3.8) is 0 Å². The van der Waals surface area contributed by atoms with Gasteiger partial charge in [-0.3, -0.25) is 0 Å². The maximum atomic E-state index is 2.66. The molecular weight excluding hydrogens is 146 g/mol. The molecule has 0 aromatic carbocycles. The Labute approximate surface area is 77.1 Å². The van der Waals surface area contributed by atoms with Crippen LogP contribution in [0.3, 0.4) is 0 Å². The summed E-state index contributed by atoms with van der Waals surface area (Å²) in [6.45, 7) is 9.15. The molecule has 2 heterocycles. The lowest BCUT2D eigenvalue weighted by atomic mass is 9.83. The fourth-order valence-corrected chi connectivity index (χ4v) is 2.56. The third-order valence-corrected chi connectivity index (χ3v) is 3.30. The highest BCUT2D eigenvalue weighted by Crippen LogP contribution is 2.31. The van der Waals surface area contributed by atoms with Gasteiger partial charge in [-0.25, -0.2) is 0 Å². The van der Waals surface area contributed by atoms with E-state index >= 15 is 0 Å². The van der Waals surface area contributed by atoms with Gasteiger partial charge in [-0.15, -0.1) is 0 Å². The number of piperidine rings is 2. The predicted octanol–water partition coefficient (Wildman–Crippen LogP) is 2.91. The first-order valence-electron chi connectivity index (χ1n) is 5.62. The van der Waals surface area contributed by atoms with Crippen LogP contribution in [0.25, 0.3) is 0 Å². The van der Waals surface area contributed by atoms with E-state index in [1.807, 2.05) is 13.8 Å². The van der Waals surface area contributed by atoms with E-state index in [-0.39, 0.29) is 0 Å². The number of hydrogen-bond acceptors (Lipinski definition) is 1. The molecule has 0 spiro atoms. The Morgan fingerprint density at radius 1 is 1.00 bits per heavy atom. The molecule has 0 saturated carbocycles. The van der Waals surface area contributed by atoms with Crippen LogP contribution in [0.5, 0.6) is 0 Å². The fourth-order valence-electron chi connectivity index (χ4n) is 2.56. The molecule has 2 aliphatic rings. The molecule has 0 amide bonds. The second-order valence-corrected chi connectivity index (χ2v) is 3.82. The van der Waals surface area contributed by atoms with E-state index < -0.39 is 0 Å². The number of hydrogen-bond donors (Lipinski definition) is 0. The molecule has 2 bridgehead atoms. The quantitative estimate of drug-likeness (QED) is 0.539. The van der Waals surface area contributed by atoms with Crippen LogP contribution in [-0.4, -0.2) is 24.0 Å². The van der Waals surface area contributed by atoms with Crippen molar-refractivity contribution in [1.82, 2.24) is 4.90 Å².